The van der Waals surface area contributed by atoms with Crippen LogP contribution in [0.4, 0.5) is 28.8 Å². The van der Waals surface area contributed by atoms with Crippen molar-refractivity contribution in [3.8, 4) is 17.2 Å². The molecule has 3 N–H and O–H groups in total. The van der Waals surface area contributed by atoms with Gasteiger partial charge in [0.25, 0.3) is 5.91 Å². The van der Waals surface area contributed by atoms with Crippen molar-refractivity contribution in [2.75, 3.05) is 37.3 Å². The van der Waals surface area contributed by atoms with Crippen molar-refractivity contribution in [2.45, 2.75) is 6.92 Å². The number of aromatic nitrogens is 2. The van der Waals surface area contributed by atoms with Gasteiger partial charge in [-0.3, -0.25) is 4.79 Å². The molecule has 0 bridgehead atoms. The molecular formula is C27H27N5O4. The number of rotatable bonds is 9. The van der Waals surface area contributed by atoms with Crippen LogP contribution in [0.15, 0.2) is 72.8 Å². The predicted octanol–water partition coefficient (Wildman–Crippen LogP) is 5.55. The third kappa shape index (κ3) is 5.82. The molecule has 1 heterocycles. The summed E-state index contributed by atoms with van der Waals surface area (Å²) in [6, 6.07) is 21.8. The van der Waals surface area contributed by atoms with E-state index in [1.807, 2.05) is 49.4 Å². The number of hydrogen-bond donors (Lipinski definition) is 3. The zero-order valence-corrected chi connectivity index (χ0v) is 20.5. The highest BCUT2D eigenvalue weighted by Crippen LogP contribution is 2.31. The Bertz CT molecular complexity index is 1340. The molecule has 0 aliphatic carbocycles. The van der Waals surface area contributed by atoms with Crippen LogP contribution in [-0.4, -0.2) is 37.2 Å². The number of carbonyl (C=O) groups is 1. The summed E-state index contributed by atoms with van der Waals surface area (Å²) in [5.74, 6) is 2.46. The van der Waals surface area contributed by atoms with Gasteiger partial charge in [-0.15, -0.1) is 0 Å². The summed E-state index contributed by atoms with van der Waals surface area (Å²) in [5, 5.41) is 9.35. The summed E-state index contributed by atoms with van der Waals surface area (Å²) in [4.78, 5) is 21.8. The van der Waals surface area contributed by atoms with E-state index < -0.39 is 0 Å². The quantitative estimate of drug-likeness (QED) is 0.283. The van der Waals surface area contributed by atoms with E-state index >= 15 is 0 Å². The molecule has 4 rings (SSSR count). The average molecular weight is 486 g/mol. The van der Waals surface area contributed by atoms with Crippen LogP contribution >= 0.6 is 0 Å². The van der Waals surface area contributed by atoms with Gasteiger partial charge in [0.05, 0.1) is 26.9 Å². The second-order valence-corrected chi connectivity index (χ2v) is 7.77. The van der Waals surface area contributed by atoms with Crippen LogP contribution in [0.25, 0.3) is 0 Å². The Hall–Kier alpha value is -4.79. The van der Waals surface area contributed by atoms with Crippen LogP contribution in [0.3, 0.4) is 0 Å². The molecule has 0 aliphatic heterocycles. The molecule has 1 amide bonds. The Labute approximate surface area is 209 Å². The van der Waals surface area contributed by atoms with Crippen molar-refractivity contribution in [2.24, 2.45) is 0 Å². The van der Waals surface area contributed by atoms with E-state index in [1.54, 1.807) is 37.4 Å². The van der Waals surface area contributed by atoms with E-state index in [0.717, 1.165) is 22.8 Å². The Morgan fingerprint density at radius 3 is 2.08 bits per heavy atom. The lowest BCUT2D eigenvalue weighted by Crippen LogP contribution is -2.13. The zero-order chi connectivity index (χ0) is 25.5. The maximum absolute atomic E-state index is 12.8. The van der Waals surface area contributed by atoms with Crippen molar-refractivity contribution >= 4 is 34.7 Å². The Morgan fingerprint density at radius 1 is 0.750 bits per heavy atom. The molecule has 0 spiro atoms. The summed E-state index contributed by atoms with van der Waals surface area (Å²) >= 11 is 0. The fraction of sp³-hybridized carbons (Fsp3) is 0.148. The third-order valence-corrected chi connectivity index (χ3v) is 5.26. The minimum atomic E-state index is -0.303. The summed E-state index contributed by atoms with van der Waals surface area (Å²) in [6.07, 6.45) is 0. The van der Waals surface area contributed by atoms with Crippen LogP contribution in [-0.2, 0) is 0 Å². The molecular weight excluding hydrogens is 458 g/mol. The molecule has 4 aromatic rings. The second kappa shape index (κ2) is 11.1. The highest BCUT2D eigenvalue weighted by atomic mass is 16.5. The van der Waals surface area contributed by atoms with Crippen molar-refractivity contribution < 1.29 is 19.0 Å². The molecule has 0 unspecified atom stereocenters. The number of anilines is 5. The smallest absolute Gasteiger partial charge is 0.259 e. The maximum Gasteiger partial charge on any atom is 0.259 e. The lowest BCUT2D eigenvalue weighted by molar-refractivity contribution is 0.102. The summed E-state index contributed by atoms with van der Waals surface area (Å²) in [7, 11) is 4.66. The molecule has 9 nitrogen and oxygen atoms in total. The number of benzene rings is 3. The maximum atomic E-state index is 12.8. The van der Waals surface area contributed by atoms with Gasteiger partial charge in [-0.05, 0) is 67.6 Å². The van der Waals surface area contributed by atoms with E-state index in [4.69, 9.17) is 14.2 Å². The zero-order valence-electron chi connectivity index (χ0n) is 20.5. The molecule has 0 saturated carbocycles. The van der Waals surface area contributed by atoms with Gasteiger partial charge in [0.2, 0.25) is 5.95 Å². The molecule has 0 fully saturated rings. The van der Waals surface area contributed by atoms with Crippen molar-refractivity contribution in [3.05, 3.63) is 84.1 Å². The summed E-state index contributed by atoms with van der Waals surface area (Å²) in [6.45, 7) is 1.90. The van der Waals surface area contributed by atoms with E-state index in [1.165, 1.54) is 14.2 Å². The van der Waals surface area contributed by atoms with Crippen LogP contribution in [0.5, 0.6) is 17.2 Å². The van der Waals surface area contributed by atoms with E-state index in [9.17, 15) is 4.79 Å². The first-order valence-corrected chi connectivity index (χ1v) is 11.1. The highest BCUT2D eigenvalue weighted by Gasteiger charge is 2.16. The molecule has 0 radical (unpaired) electrons. The van der Waals surface area contributed by atoms with E-state index in [0.29, 0.717) is 34.5 Å². The standard InChI is InChI=1S/C27H27N5O4/c1-17-16-24(29-18-12-14-21(34-2)15-13-18)32-27(28-17)31-20-10-8-19(9-11-20)30-26(33)22-6-5-7-23(35-3)25(22)36-4/h5-16H,1-4H3,(H,30,33)(H2,28,29,31,32). The Morgan fingerprint density at radius 2 is 1.42 bits per heavy atom. The van der Waals surface area contributed by atoms with Crippen molar-refractivity contribution in [1.29, 1.82) is 0 Å². The number of methoxy groups -OCH3 is 3. The highest BCUT2D eigenvalue weighted by molar-refractivity contribution is 6.06. The number of hydrogen-bond acceptors (Lipinski definition) is 8. The fourth-order valence-electron chi connectivity index (χ4n) is 3.54. The average Bonchev–Trinajstić information content (AvgIpc) is 2.89. The van der Waals surface area contributed by atoms with Gasteiger partial charge >= 0.3 is 0 Å². The molecule has 0 atom stereocenters. The number of amides is 1. The number of para-hydroxylation sites is 1. The first kappa shape index (κ1) is 24.3. The SMILES string of the molecule is COc1ccc(Nc2cc(C)nc(Nc3ccc(NC(=O)c4cccc(OC)c4OC)cc3)n2)cc1. The third-order valence-electron chi connectivity index (χ3n) is 5.26. The first-order valence-electron chi connectivity index (χ1n) is 11.1. The second-order valence-electron chi connectivity index (χ2n) is 7.77. The number of nitrogens with zero attached hydrogens (tertiary/aromatic N) is 2. The Balaban J connectivity index is 1.44. The molecule has 3 aromatic carbocycles. The molecule has 0 saturated heterocycles. The van der Waals surface area contributed by atoms with Crippen LogP contribution in [0.2, 0.25) is 0 Å². The predicted molar refractivity (Wildman–Crippen MR) is 140 cm³/mol. The van der Waals surface area contributed by atoms with Gasteiger partial charge in [0, 0.05) is 28.8 Å². The molecule has 0 aliphatic rings. The van der Waals surface area contributed by atoms with Crippen LogP contribution in [0, 0.1) is 6.92 Å². The normalized spacial score (nSPS) is 10.3. The van der Waals surface area contributed by atoms with Gasteiger partial charge in [0.15, 0.2) is 11.5 Å². The fourth-order valence-corrected chi connectivity index (χ4v) is 3.54. The van der Waals surface area contributed by atoms with Gasteiger partial charge in [-0.1, -0.05) is 6.07 Å². The van der Waals surface area contributed by atoms with Gasteiger partial charge in [-0.25, -0.2) is 4.98 Å². The minimum Gasteiger partial charge on any atom is -0.497 e. The van der Waals surface area contributed by atoms with Gasteiger partial charge in [0.1, 0.15) is 11.6 Å². The van der Waals surface area contributed by atoms with Gasteiger partial charge in [-0.2, -0.15) is 4.98 Å². The van der Waals surface area contributed by atoms with Crippen LogP contribution in [0.1, 0.15) is 16.1 Å². The number of aryl methyl sites for hydroxylation is 1. The minimum absolute atomic E-state index is 0.303. The number of ether oxygens (including phenoxy) is 3. The molecule has 36 heavy (non-hydrogen) atoms. The number of nitrogens with one attached hydrogen (secondary N) is 3. The van der Waals surface area contributed by atoms with Crippen molar-refractivity contribution in [1.82, 2.24) is 9.97 Å². The van der Waals surface area contributed by atoms with E-state index in [-0.39, 0.29) is 5.91 Å². The largest absolute Gasteiger partial charge is 0.497 e. The molecule has 184 valence electrons. The monoisotopic (exact) mass is 485 g/mol. The van der Waals surface area contributed by atoms with Crippen LogP contribution < -0.4 is 30.2 Å². The number of carbonyl (C=O) groups excluding carboxylic acids is 1. The summed E-state index contributed by atoms with van der Waals surface area (Å²) in [5.41, 5.74) is 3.46. The Kier molecular flexibility index (Phi) is 7.50. The van der Waals surface area contributed by atoms with Gasteiger partial charge < -0.3 is 30.2 Å². The topological polar surface area (TPSA) is 107 Å². The van der Waals surface area contributed by atoms with Crippen molar-refractivity contribution in [3.63, 3.8) is 0 Å². The lowest BCUT2D eigenvalue weighted by Gasteiger charge is -2.13. The first-order chi connectivity index (χ1) is 17.5. The summed E-state index contributed by atoms with van der Waals surface area (Å²) < 4.78 is 15.8. The van der Waals surface area contributed by atoms with E-state index in [2.05, 4.69) is 25.9 Å². The molecule has 1 aromatic heterocycles. The lowest BCUT2D eigenvalue weighted by atomic mass is 10.1. The molecule has 9 heteroatoms.